The predicted molar refractivity (Wildman–Crippen MR) is 103 cm³/mol. The molecule has 0 fully saturated rings. The first kappa shape index (κ1) is 17.0. The van der Waals surface area contributed by atoms with Crippen molar-refractivity contribution in [2.24, 2.45) is 5.92 Å². The van der Waals surface area contributed by atoms with E-state index >= 15 is 0 Å². The molecule has 1 N–H and O–H groups in total. The second kappa shape index (κ2) is 7.80. The summed E-state index contributed by atoms with van der Waals surface area (Å²) in [5, 5.41) is 3.17. The van der Waals surface area contributed by atoms with E-state index in [1.54, 1.807) is 0 Å². The molecular weight excluding hydrogens is 306 g/mol. The van der Waals surface area contributed by atoms with Crippen LogP contribution >= 0.6 is 0 Å². The molecule has 3 aromatic carbocycles. The maximum absolute atomic E-state index is 12.7. The summed E-state index contributed by atoms with van der Waals surface area (Å²) in [6, 6.07) is 28.1. The van der Waals surface area contributed by atoms with Crippen LogP contribution < -0.4 is 5.32 Å². The van der Waals surface area contributed by atoms with E-state index in [9.17, 15) is 4.79 Å². The normalized spacial score (nSPS) is 12.0. The van der Waals surface area contributed by atoms with Crippen molar-refractivity contribution in [1.29, 1.82) is 0 Å². The summed E-state index contributed by atoms with van der Waals surface area (Å²) in [6.07, 6.45) is 0. The molecule has 0 spiro atoms. The van der Waals surface area contributed by atoms with Gasteiger partial charge in [0.05, 0.1) is 6.04 Å². The van der Waals surface area contributed by atoms with Gasteiger partial charge >= 0.3 is 0 Å². The lowest BCUT2D eigenvalue weighted by Gasteiger charge is -2.23. The third-order valence-electron chi connectivity index (χ3n) is 4.37. The van der Waals surface area contributed by atoms with Crippen molar-refractivity contribution in [3.05, 3.63) is 96.1 Å². The molecule has 0 saturated carbocycles. The summed E-state index contributed by atoms with van der Waals surface area (Å²) in [6.45, 7) is 4.24. The summed E-state index contributed by atoms with van der Waals surface area (Å²) in [5.41, 5.74) is 4.08. The maximum atomic E-state index is 12.7. The zero-order valence-electron chi connectivity index (χ0n) is 14.6. The number of carbonyl (C=O) groups excluding carboxylic acids is 1. The van der Waals surface area contributed by atoms with Crippen LogP contribution in [0.3, 0.4) is 0 Å². The third kappa shape index (κ3) is 4.16. The molecule has 25 heavy (non-hydrogen) atoms. The van der Waals surface area contributed by atoms with Crippen LogP contribution in [0.5, 0.6) is 0 Å². The molecule has 1 unspecified atom stereocenters. The largest absolute Gasteiger partial charge is 0.345 e. The Balaban J connectivity index is 1.76. The molecule has 0 heterocycles. The molecule has 1 atom stereocenters. The lowest BCUT2D eigenvalue weighted by Crippen LogP contribution is -2.31. The van der Waals surface area contributed by atoms with Gasteiger partial charge in [-0.25, -0.2) is 0 Å². The van der Waals surface area contributed by atoms with Gasteiger partial charge in [-0.05, 0) is 34.7 Å². The predicted octanol–water partition coefficient (Wildman–Crippen LogP) is 5.48. The fourth-order valence-corrected chi connectivity index (χ4v) is 2.96. The van der Waals surface area contributed by atoms with Gasteiger partial charge in [-0.15, -0.1) is 0 Å². The number of hydrogen-bond donors (Lipinski definition) is 1. The highest BCUT2D eigenvalue weighted by Crippen LogP contribution is 2.23. The van der Waals surface area contributed by atoms with Gasteiger partial charge in [0.25, 0.3) is 5.91 Å². The molecular formula is C23H23NO. The number of benzene rings is 3. The fraction of sp³-hybridized carbons (Fsp3) is 0.174. The molecule has 0 saturated heterocycles. The topological polar surface area (TPSA) is 29.1 Å². The van der Waals surface area contributed by atoms with Crippen LogP contribution in [0.1, 0.15) is 35.8 Å². The number of hydrogen-bond acceptors (Lipinski definition) is 1. The minimum absolute atomic E-state index is 0.00231. The standard InChI is InChI=1S/C23H23NO/c1-17(2)22(20-11-7-4-8-12-20)24-23(25)21-15-13-19(14-16-21)18-9-5-3-6-10-18/h3-17,22H,1-2H3,(H,24,25). The van der Waals surface area contributed by atoms with Crippen LogP contribution in [0, 0.1) is 5.92 Å². The Kier molecular flexibility index (Phi) is 5.30. The van der Waals surface area contributed by atoms with Gasteiger partial charge in [0.2, 0.25) is 0 Å². The molecule has 0 aliphatic rings. The van der Waals surface area contributed by atoms with Crippen molar-refractivity contribution in [3.63, 3.8) is 0 Å². The van der Waals surface area contributed by atoms with Crippen molar-refractivity contribution in [1.82, 2.24) is 5.32 Å². The van der Waals surface area contributed by atoms with E-state index < -0.39 is 0 Å². The minimum atomic E-state index is -0.0397. The van der Waals surface area contributed by atoms with Crippen LogP contribution in [0.15, 0.2) is 84.9 Å². The highest BCUT2D eigenvalue weighted by atomic mass is 16.1. The average Bonchev–Trinajstić information content (AvgIpc) is 2.67. The number of carbonyl (C=O) groups is 1. The molecule has 1 amide bonds. The van der Waals surface area contributed by atoms with E-state index in [4.69, 9.17) is 0 Å². The van der Waals surface area contributed by atoms with Crippen LogP contribution in [0.25, 0.3) is 11.1 Å². The minimum Gasteiger partial charge on any atom is -0.345 e. The van der Waals surface area contributed by atoms with Crippen LogP contribution in [-0.4, -0.2) is 5.91 Å². The molecule has 126 valence electrons. The molecule has 0 aliphatic heterocycles. The van der Waals surface area contributed by atoms with Crippen molar-refractivity contribution >= 4 is 5.91 Å². The van der Waals surface area contributed by atoms with Gasteiger partial charge in [0, 0.05) is 5.56 Å². The Morgan fingerprint density at radius 3 is 1.80 bits per heavy atom. The van der Waals surface area contributed by atoms with E-state index in [0.717, 1.165) is 16.7 Å². The van der Waals surface area contributed by atoms with Crippen molar-refractivity contribution < 1.29 is 4.79 Å². The second-order valence-electron chi connectivity index (χ2n) is 6.55. The molecule has 0 bridgehead atoms. The molecule has 3 rings (SSSR count). The van der Waals surface area contributed by atoms with E-state index in [1.807, 2.05) is 60.7 Å². The van der Waals surface area contributed by atoms with Crippen molar-refractivity contribution in [2.75, 3.05) is 0 Å². The highest BCUT2D eigenvalue weighted by Gasteiger charge is 2.18. The maximum Gasteiger partial charge on any atom is 0.251 e. The third-order valence-corrected chi connectivity index (χ3v) is 4.37. The van der Waals surface area contributed by atoms with Gasteiger partial charge in [0.1, 0.15) is 0 Å². The first-order valence-electron chi connectivity index (χ1n) is 8.66. The van der Waals surface area contributed by atoms with Gasteiger partial charge < -0.3 is 5.32 Å². The second-order valence-corrected chi connectivity index (χ2v) is 6.55. The Bertz CT molecular complexity index is 808. The smallest absolute Gasteiger partial charge is 0.251 e. The Hall–Kier alpha value is -2.87. The van der Waals surface area contributed by atoms with Gasteiger partial charge in [-0.2, -0.15) is 0 Å². The van der Waals surface area contributed by atoms with Gasteiger partial charge in [0.15, 0.2) is 0 Å². The number of amides is 1. The Morgan fingerprint density at radius 1 is 0.720 bits per heavy atom. The molecule has 0 radical (unpaired) electrons. The highest BCUT2D eigenvalue weighted by molar-refractivity contribution is 5.95. The lowest BCUT2D eigenvalue weighted by atomic mass is 9.95. The molecule has 0 aromatic heterocycles. The zero-order chi connectivity index (χ0) is 17.6. The molecule has 3 aromatic rings. The average molecular weight is 329 g/mol. The van der Waals surface area contributed by atoms with Crippen LogP contribution in [0.2, 0.25) is 0 Å². The summed E-state index contributed by atoms with van der Waals surface area (Å²) < 4.78 is 0. The van der Waals surface area contributed by atoms with E-state index in [-0.39, 0.29) is 11.9 Å². The fourth-order valence-electron chi connectivity index (χ4n) is 2.96. The van der Waals surface area contributed by atoms with Gasteiger partial charge in [-0.3, -0.25) is 4.79 Å². The van der Waals surface area contributed by atoms with E-state index in [0.29, 0.717) is 11.5 Å². The van der Waals surface area contributed by atoms with Crippen molar-refractivity contribution in [2.45, 2.75) is 19.9 Å². The monoisotopic (exact) mass is 329 g/mol. The lowest BCUT2D eigenvalue weighted by molar-refractivity contribution is 0.0925. The first-order chi connectivity index (χ1) is 12.1. The number of rotatable bonds is 5. The zero-order valence-corrected chi connectivity index (χ0v) is 14.6. The molecule has 0 aliphatic carbocycles. The van der Waals surface area contributed by atoms with Crippen molar-refractivity contribution in [3.8, 4) is 11.1 Å². The quantitative estimate of drug-likeness (QED) is 0.660. The van der Waals surface area contributed by atoms with E-state index in [1.165, 1.54) is 0 Å². The first-order valence-corrected chi connectivity index (χ1v) is 8.66. The number of nitrogens with one attached hydrogen (secondary N) is 1. The van der Waals surface area contributed by atoms with Crippen LogP contribution in [-0.2, 0) is 0 Å². The summed E-state index contributed by atoms with van der Waals surface area (Å²) in [4.78, 5) is 12.7. The van der Waals surface area contributed by atoms with Crippen LogP contribution in [0.4, 0.5) is 0 Å². The summed E-state index contributed by atoms with van der Waals surface area (Å²) in [5.74, 6) is 0.275. The van der Waals surface area contributed by atoms with E-state index in [2.05, 4.69) is 43.4 Å². The summed E-state index contributed by atoms with van der Waals surface area (Å²) >= 11 is 0. The SMILES string of the molecule is CC(C)C(NC(=O)c1ccc(-c2ccccc2)cc1)c1ccccc1. The summed E-state index contributed by atoms with van der Waals surface area (Å²) in [7, 11) is 0. The molecule has 2 heteroatoms. The Morgan fingerprint density at radius 2 is 1.24 bits per heavy atom. The molecule has 2 nitrogen and oxygen atoms in total. The van der Waals surface area contributed by atoms with Gasteiger partial charge in [-0.1, -0.05) is 86.6 Å². The Labute approximate surface area is 149 Å².